The summed E-state index contributed by atoms with van der Waals surface area (Å²) in [5.41, 5.74) is 0.839. The third-order valence-corrected chi connectivity index (χ3v) is 4.08. The zero-order chi connectivity index (χ0) is 14.8. The van der Waals surface area contributed by atoms with Crippen molar-refractivity contribution in [1.82, 2.24) is 4.90 Å². The number of cyclic esters (lactones) is 1. The van der Waals surface area contributed by atoms with Crippen LogP contribution in [0.5, 0.6) is 0 Å². The molecule has 0 unspecified atom stereocenters. The third-order valence-electron chi connectivity index (χ3n) is 4.08. The van der Waals surface area contributed by atoms with Crippen molar-refractivity contribution in [1.29, 1.82) is 5.26 Å². The van der Waals surface area contributed by atoms with Gasteiger partial charge < -0.3 is 9.64 Å². The fraction of sp³-hybridized carbons (Fsp3) is 0.467. The molecule has 0 radical (unpaired) electrons. The van der Waals surface area contributed by atoms with Crippen LogP contribution in [0.25, 0.3) is 0 Å². The molecule has 5 nitrogen and oxygen atoms in total. The van der Waals surface area contributed by atoms with Gasteiger partial charge in [-0.1, -0.05) is 0 Å². The molecule has 0 amide bonds. The highest BCUT2D eigenvalue weighted by atomic mass is 19.1. The molecule has 2 aliphatic heterocycles. The number of nitriles is 1. The number of carbonyl (C=O) groups is 1. The molecule has 6 heteroatoms. The molecule has 21 heavy (non-hydrogen) atoms. The van der Waals surface area contributed by atoms with E-state index in [2.05, 4.69) is 4.90 Å². The molecule has 0 saturated carbocycles. The molecule has 0 N–H and O–H groups in total. The Morgan fingerprint density at radius 1 is 1.29 bits per heavy atom. The molecule has 0 aromatic heterocycles. The molecule has 1 atom stereocenters. The molecule has 2 aliphatic rings. The SMILES string of the molecule is N#Cc1ccc(N2CCN([C@H]3CCOC3=O)CC2)c(F)c1. The Balaban J connectivity index is 1.66. The lowest BCUT2D eigenvalue weighted by atomic mass is 10.1. The van der Waals surface area contributed by atoms with E-state index in [1.807, 2.05) is 11.0 Å². The predicted octanol–water partition coefficient (Wildman–Crippen LogP) is 1.13. The fourth-order valence-corrected chi connectivity index (χ4v) is 2.92. The number of hydrogen-bond donors (Lipinski definition) is 0. The molecule has 1 aromatic rings. The number of esters is 1. The lowest BCUT2D eigenvalue weighted by molar-refractivity contribution is -0.142. The van der Waals surface area contributed by atoms with Gasteiger partial charge in [0.15, 0.2) is 0 Å². The number of hydrogen-bond acceptors (Lipinski definition) is 5. The Labute approximate surface area is 122 Å². The first kappa shape index (κ1) is 13.8. The third kappa shape index (κ3) is 2.69. The zero-order valence-electron chi connectivity index (χ0n) is 11.6. The molecule has 0 spiro atoms. The number of anilines is 1. The van der Waals surface area contributed by atoms with Crippen LogP contribution in [-0.4, -0.2) is 49.7 Å². The number of carbonyl (C=O) groups excluding carboxylic acids is 1. The van der Waals surface area contributed by atoms with Gasteiger partial charge >= 0.3 is 5.97 Å². The highest BCUT2D eigenvalue weighted by Gasteiger charge is 2.34. The summed E-state index contributed by atoms with van der Waals surface area (Å²) < 4.78 is 19.0. The highest BCUT2D eigenvalue weighted by molar-refractivity contribution is 5.77. The topological polar surface area (TPSA) is 56.6 Å². The molecule has 0 aliphatic carbocycles. The van der Waals surface area contributed by atoms with Gasteiger partial charge in [0.2, 0.25) is 0 Å². The van der Waals surface area contributed by atoms with Crippen molar-refractivity contribution in [2.45, 2.75) is 12.5 Å². The molecular formula is C15H16FN3O2. The van der Waals surface area contributed by atoms with E-state index in [0.29, 0.717) is 44.0 Å². The summed E-state index contributed by atoms with van der Waals surface area (Å²) >= 11 is 0. The minimum atomic E-state index is -0.372. The van der Waals surface area contributed by atoms with E-state index in [1.54, 1.807) is 12.1 Å². The molecule has 110 valence electrons. The fourth-order valence-electron chi connectivity index (χ4n) is 2.92. The van der Waals surface area contributed by atoms with E-state index >= 15 is 0 Å². The number of piperazine rings is 1. The average molecular weight is 289 g/mol. The summed E-state index contributed by atoms with van der Waals surface area (Å²) in [5.74, 6) is -0.518. The second kappa shape index (κ2) is 5.70. The van der Waals surface area contributed by atoms with E-state index in [-0.39, 0.29) is 17.8 Å². The lowest BCUT2D eigenvalue weighted by Gasteiger charge is -2.37. The van der Waals surface area contributed by atoms with Crippen LogP contribution in [0.3, 0.4) is 0 Å². The van der Waals surface area contributed by atoms with Crippen molar-refractivity contribution in [3.8, 4) is 6.07 Å². The standard InChI is InChI=1S/C15H16FN3O2/c16-12-9-11(10-17)1-2-13(12)18-4-6-19(7-5-18)14-3-8-21-15(14)20/h1-2,9,14H,3-8H2/t14-/m0/s1. The average Bonchev–Trinajstić information content (AvgIpc) is 2.93. The van der Waals surface area contributed by atoms with Gasteiger partial charge in [0, 0.05) is 32.6 Å². The van der Waals surface area contributed by atoms with Crippen LogP contribution in [0, 0.1) is 17.1 Å². The van der Waals surface area contributed by atoms with Crippen LogP contribution in [0.1, 0.15) is 12.0 Å². The minimum absolute atomic E-state index is 0.141. The first-order valence-corrected chi connectivity index (χ1v) is 7.04. The minimum Gasteiger partial charge on any atom is -0.464 e. The maximum absolute atomic E-state index is 14.0. The van der Waals surface area contributed by atoms with E-state index < -0.39 is 0 Å². The van der Waals surface area contributed by atoms with Crippen LogP contribution in [-0.2, 0) is 9.53 Å². The van der Waals surface area contributed by atoms with Crippen LogP contribution in [0.2, 0.25) is 0 Å². The van der Waals surface area contributed by atoms with Gasteiger partial charge in [-0.15, -0.1) is 0 Å². The summed E-state index contributed by atoms with van der Waals surface area (Å²) in [5, 5.41) is 8.76. The summed E-state index contributed by atoms with van der Waals surface area (Å²) in [6, 6.07) is 6.32. The maximum atomic E-state index is 14.0. The number of ether oxygens (including phenoxy) is 1. The highest BCUT2D eigenvalue weighted by Crippen LogP contribution is 2.23. The molecular weight excluding hydrogens is 273 g/mol. The number of rotatable bonds is 2. The van der Waals surface area contributed by atoms with Gasteiger partial charge in [-0.05, 0) is 18.2 Å². The number of nitrogens with zero attached hydrogens (tertiary/aromatic N) is 3. The van der Waals surface area contributed by atoms with Crippen LogP contribution in [0.4, 0.5) is 10.1 Å². The normalized spacial score (nSPS) is 23.0. The van der Waals surface area contributed by atoms with Gasteiger partial charge in [-0.3, -0.25) is 9.69 Å². The second-order valence-electron chi connectivity index (χ2n) is 5.27. The van der Waals surface area contributed by atoms with E-state index in [1.165, 1.54) is 6.07 Å². The monoisotopic (exact) mass is 289 g/mol. The Bertz CT molecular complexity index is 591. The Morgan fingerprint density at radius 3 is 2.62 bits per heavy atom. The summed E-state index contributed by atoms with van der Waals surface area (Å²) in [6.07, 6.45) is 0.740. The van der Waals surface area contributed by atoms with Crippen molar-refractivity contribution >= 4 is 11.7 Å². The number of benzene rings is 1. The van der Waals surface area contributed by atoms with E-state index in [0.717, 1.165) is 6.42 Å². The Hall–Kier alpha value is -2.13. The molecule has 3 rings (SSSR count). The molecule has 2 saturated heterocycles. The van der Waals surface area contributed by atoms with E-state index in [4.69, 9.17) is 10.00 Å². The van der Waals surface area contributed by atoms with Crippen LogP contribution in [0.15, 0.2) is 18.2 Å². The molecule has 1 aromatic carbocycles. The zero-order valence-corrected chi connectivity index (χ0v) is 11.6. The predicted molar refractivity (Wildman–Crippen MR) is 74.3 cm³/mol. The van der Waals surface area contributed by atoms with Gasteiger partial charge in [0.1, 0.15) is 11.9 Å². The van der Waals surface area contributed by atoms with Crippen molar-refractivity contribution in [2.24, 2.45) is 0 Å². The Morgan fingerprint density at radius 2 is 2.05 bits per heavy atom. The van der Waals surface area contributed by atoms with Crippen molar-refractivity contribution < 1.29 is 13.9 Å². The molecule has 2 heterocycles. The smallest absolute Gasteiger partial charge is 0.323 e. The van der Waals surface area contributed by atoms with Crippen molar-refractivity contribution in [2.75, 3.05) is 37.7 Å². The van der Waals surface area contributed by atoms with Crippen molar-refractivity contribution in [3.63, 3.8) is 0 Å². The van der Waals surface area contributed by atoms with E-state index in [9.17, 15) is 9.18 Å². The maximum Gasteiger partial charge on any atom is 0.323 e. The molecule has 0 bridgehead atoms. The van der Waals surface area contributed by atoms with Gasteiger partial charge in [-0.25, -0.2) is 4.39 Å². The quantitative estimate of drug-likeness (QED) is 0.764. The summed E-state index contributed by atoms with van der Waals surface area (Å²) in [7, 11) is 0. The lowest BCUT2D eigenvalue weighted by Crippen LogP contribution is -2.51. The second-order valence-corrected chi connectivity index (χ2v) is 5.27. The molecule has 2 fully saturated rings. The van der Waals surface area contributed by atoms with Gasteiger partial charge in [-0.2, -0.15) is 5.26 Å². The van der Waals surface area contributed by atoms with Gasteiger partial charge in [0.25, 0.3) is 0 Å². The number of halogens is 1. The largest absolute Gasteiger partial charge is 0.464 e. The first-order chi connectivity index (χ1) is 10.2. The van der Waals surface area contributed by atoms with Crippen molar-refractivity contribution in [3.05, 3.63) is 29.6 Å². The summed E-state index contributed by atoms with van der Waals surface area (Å²) in [4.78, 5) is 15.6. The van der Waals surface area contributed by atoms with Crippen LogP contribution < -0.4 is 4.90 Å². The van der Waals surface area contributed by atoms with Gasteiger partial charge in [0.05, 0.1) is 23.9 Å². The Kier molecular flexibility index (Phi) is 3.76. The van der Waals surface area contributed by atoms with Crippen LogP contribution >= 0.6 is 0 Å². The first-order valence-electron chi connectivity index (χ1n) is 7.04. The summed E-state index contributed by atoms with van der Waals surface area (Å²) in [6.45, 7) is 3.23.